The molecule has 0 radical (unpaired) electrons. The summed E-state index contributed by atoms with van der Waals surface area (Å²) >= 11 is 0. The van der Waals surface area contributed by atoms with Gasteiger partial charge in [0.15, 0.2) is 11.5 Å². The largest absolute Gasteiger partial charge is 0.441 e. The Morgan fingerprint density at radius 1 is 1.11 bits per heavy atom. The van der Waals surface area contributed by atoms with Crippen LogP contribution in [0.3, 0.4) is 0 Å². The molecule has 2 bridgehead atoms. The van der Waals surface area contributed by atoms with E-state index in [0.29, 0.717) is 17.7 Å². The zero-order chi connectivity index (χ0) is 24.8. The van der Waals surface area contributed by atoms with E-state index >= 15 is 0 Å². The van der Waals surface area contributed by atoms with Crippen molar-refractivity contribution in [2.24, 2.45) is 22.7 Å². The lowest BCUT2D eigenvalue weighted by molar-refractivity contribution is -0.248. The first kappa shape index (κ1) is 22.0. The third kappa shape index (κ3) is 2.29. The van der Waals surface area contributed by atoms with Gasteiger partial charge in [0.25, 0.3) is 0 Å². The van der Waals surface area contributed by atoms with Gasteiger partial charge in [0.1, 0.15) is 5.52 Å². The topological polar surface area (TPSA) is 79.0 Å². The molecule has 3 spiro atoms. The first-order valence-electron chi connectivity index (χ1n) is 13.7. The molecule has 2 N–H and O–H groups in total. The summed E-state index contributed by atoms with van der Waals surface area (Å²) in [6.45, 7) is 4.33. The Hall–Kier alpha value is -1.99. The summed E-state index contributed by atoms with van der Waals surface area (Å²) in [4.78, 5) is 6.56. The average Bonchev–Trinajstić information content (AvgIpc) is 3.13. The number of aryl methyl sites for hydroxylation is 1. The predicted octanol–water partition coefficient (Wildman–Crippen LogP) is 4.24. The maximum absolute atomic E-state index is 11.5. The smallest absolute Gasteiger partial charge is 0.192 e. The van der Waals surface area contributed by atoms with Crippen molar-refractivity contribution in [3.63, 3.8) is 0 Å². The number of aliphatic hydroxyl groups excluding tert-OH is 2. The van der Waals surface area contributed by atoms with Crippen molar-refractivity contribution in [1.82, 2.24) is 9.88 Å². The number of rotatable bonds is 2. The van der Waals surface area contributed by atoms with Crippen LogP contribution in [0.5, 0.6) is 0 Å². The Morgan fingerprint density at radius 3 is 2.75 bits per heavy atom. The molecule has 36 heavy (non-hydrogen) atoms. The van der Waals surface area contributed by atoms with Crippen LogP contribution in [0.1, 0.15) is 56.9 Å². The minimum absolute atomic E-state index is 0.0135. The summed E-state index contributed by atoms with van der Waals surface area (Å²) in [5, 5.41) is 22.6. The summed E-state index contributed by atoms with van der Waals surface area (Å²) < 4.78 is 13.3. The summed E-state index contributed by atoms with van der Waals surface area (Å²) in [6, 6.07) is 6.36. The van der Waals surface area contributed by atoms with E-state index in [4.69, 9.17) is 9.15 Å². The number of nitrogens with zero attached hydrogens (tertiary/aromatic N) is 2. The lowest BCUT2D eigenvalue weighted by Gasteiger charge is -2.59. The molecule has 2 aromatic rings. The molecule has 1 aromatic carbocycles. The molecule has 6 nitrogen and oxygen atoms in total. The molecular weight excluding hydrogens is 452 g/mol. The Labute approximate surface area is 212 Å². The third-order valence-electron chi connectivity index (χ3n) is 11.5. The maximum Gasteiger partial charge on any atom is 0.192 e. The monoisotopic (exact) mass is 488 g/mol. The van der Waals surface area contributed by atoms with E-state index in [0.717, 1.165) is 49.6 Å². The van der Waals surface area contributed by atoms with Gasteiger partial charge in [-0.05, 0) is 87.4 Å². The highest BCUT2D eigenvalue weighted by atomic mass is 16.5. The van der Waals surface area contributed by atoms with Crippen LogP contribution in [-0.4, -0.2) is 63.6 Å². The van der Waals surface area contributed by atoms with Gasteiger partial charge in [0.05, 0.1) is 23.4 Å². The van der Waals surface area contributed by atoms with Crippen LogP contribution in [0.25, 0.3) is 16.7 Å². The van der Waals surface area contributed by atoms with Gasteiger partial charge in [-0.25, -0.2) is 4.98 Å². The third-order valence-corrected chi connectivity index (χ3v) is 11.5. The second-order valence-corrected chi connectivity index (χ2v) is 13.1. The number of aromatic nitrogens is 1. The second kappa shape index (κ2) is 6.52. The van der Waals surface area contributed by atoms with Crippen LogP contribution < -0.4 is 0 Å². The van der Waals surface area contributed by atoms with Gasteiger partial charge >= 0.3 is 0 Å². The predicted molar refractivity (Wildman–Crippen MR) is 136 cm³/mol. The van der Waals surface area contributed by atoms with E-state index in [-0.39, 0.29) is 28.1 Å². The maximum atomic E-state index is 11.5. The van der Waals surface area contributed by atoms with Crippen molar-refractivity contribution >= 4 is 16.7 Å². The molecule has 2 saturated carbocycles. The highest BCUT2D eigenvalue weighted by Crippen LogP contribution is 2.81. The molecule has 1 aromatic heterocycles. The van der Waals surface area contributed by atoms with Crippen molar-refractivity contribution in [2.45, 2.75) is 81.8 Å². The van der Waals surface area contributed by atoms with E-state index in [1.54, 1.807) is 0 Å². The molecule has 2 saturated heterocycles. The number of hydrogen-bond donors (Lipinski definition) is 2. The Bertz CT molecular complexity index is 1380. The molecule has 4 fully saturated rings. The number of hydrogen-bond acceptors (Lipinski definition) is 6. The molecule has 6 aliphatic rings. The van der Waals surface area contributed by atoms with Crippen LogP contribution >= 0.6 is 0 Å². The quantitative estimate of drug-likeness (QED) is 0.616. The Morgan fingerprint density at radius 2 is 1.94 bits per heavy atom. The zero-order valence-corrected chi connectivity index (χ0v) is 21.6. The Balaban J connectivity index is 1.21. The zero-order valence-electron chi connectivity index (χ0n) is 21.6. The van der Waals surface area contributed by atoms with E-state index < -0.39 is 12.2 Å². The van der Waals surface area contributed by atoms with Crippen LogP contribution in [0.4, 0.5) is 0 Å². The van der Waals surface area contributed by atoms with Crippen molar-refractivity contribution in [2.75, 3.05) is 14.1 Å². The summed E-state index contributed by atoms with van der Waals surface area (Å²) in [7, 11) is 4.02. The van der Waals surface area contributed by atoms with Crippen LogP contribution in [-0.2, 0) is 4.74 Å². The lowest BCUT2D eigenvalue weighted by atomic mass is 9.57. The van der Waals surface area contributed by atoms with E-state index in [1.807, 2.05) is 21.0 Å². The van der Waals surface area contributed by atoms with Crippen LogP contribution in [0.2, 0.25) is 0 Å². The van der Waals surface area contributed by atoms with E-state index in [1.165, 1.54) is 16.7 Å². The number of ether oxygens (including phenoxy) is 1. The molecule has 6 heteroatoms. The van der Waals surface area contributed by atoms with Gasteiger partial charge in [-0.3, -0.25) is 0 Å². The second-order valence-electron chi connectivity index (χ2n) is 13.1. The number of allylic oxidation sites excluding steroid dienone is 3. The Kier molecular flexibility index (Phi) is 3.99. The summed E-state index contributed by atoms with van der Waals surface area (Å²) in [5.41, 5.74) is 4.88. The number of likely N-dealkylation sites (N-methyl/N-ethyl adjacent to an activating group) is 1. The van der Waals surface area contributed by atoms with Gasteiger partial charge in [-0.1, -0.05) is 25.1 Å². The standard InChI is InChI=1S/C30H36N2O4/c1-16-31-21-7-5-17(13-23(21)35-16)18-6-8-24-27(18,2)10-9-19-20-14-29(20)26(34)25(33)22(32(3)4)15-28(29)11-12-30(19,24)36-28/h5-7,9,13,20,22,24-26,33-34H,8,10-12,14-15H2,1-4H3/t20?,22-,24?,25+,26-,27+,28+,29?,30+/m0/s1. The van der Waals surface area contributed by atoms with Gasteiger partial charge in [0.2, 0.25) is 0 Å². The van der Waals surface area contributed by atoms with Crippen molar-refractivity contribution in [3.05, 3.63) is 47.4 Å². The molecule has 8 rings (SSSR count). The molecule has 3 unspecified atom stereocenters. The van der Waals surface area contributed by atoms with E-state index in [9.17, 15) is 10.2 Å². The minimum atomic E-state index is -0.733. The number of fused-ring (bicyclic) bond motifs is 3. The fraction of sp³-hybridized carbons (Fsp3) is 0.633. The molecular formula is C30H36N2O4. The molecule has 3 heterocycles. The molecule has 0 amide bonds. The minimum Gasteiger partial charge on any atom is -0.441 e. The first-order chi connectivity index (χ1) is 17.2. The lowest BCUT2D eigenvalue weighted by Crippen LogP contribution is -2.67. The van der Waals surface area contributed by atoms with E-state index in [2.05, 4.69) is 47.2 Å². The fourth-order valence-corrected chi connectivity index (χ4v) is 9.84. The molecule has 2 aliphatic heterocycles. The highest BCUT2D eigenvalue weighted by molar-refractivity contribution is 5.82. The van der Waals surface area contributed by atoms with Crippen LogP contribution in [0, 0.1) is 29.6 Å². The van der Waals surface area contributed by atoms with Gasteiger partial charge in [-0.2, -0.15) is 0 Å². The van der Waals surface area contributed by atoms with Crippen LogP contribution in [0.15, 0.2) is 40.3 Å². The SMILES string of the molecule is Cc1nc2ccc(C3=CCC4[C@]3(C)CC=C3C5CC56[C@@H](O)[C@H](O)[C@@H](N(C)C)C[C@]65CC[C@@]34O5)cc2o1. The van der Waals surface area contributed by atoms with Crippen molar-refractivity contribution in [3.8, 4) is 0 Å². The first-order valence-corrected chi connectivity index (χ1v) is 13.7. The average molecular weight is 489 g/mol. The summed E-state index contributed by atoms with van der Waals surface area (Å²) in [5.74, 6) is 1.42. The highest BCUT2D eigenvalue weighted by Gasteiger charge is 2.84. The summed E-state index contributed by atoms with van der Waals surface area (Å²) in [6.07, 6.45) is 9.19. The number of oxazole rings is 1. The molecule has 4 aliphatic carbocycles. The van der Waals surface area contributed by atoms with Crippen molar-refractivity contribution in [1.29, 1.82) is 0 Å². The number of aliphatic hydroxyl groups is 2. The van der Waals surface area contributed by atoms with Gasteiger partial charge in [-0.15, -0.1) is 0 Å². The molecule has 190 valence electrons. The fourth-order valence-electron chi connectivity index (χ4n) is 9.84. The normalized spacial score (nSPS) is 48.2. The molecule has 9 atom stereocenters. The van der Waals surface area contributed by atoms with Crippen molar-refractivity contribution < 1.29 is 19.4 Å². The van der Waals surface area contributed by atoms with Gasteiger partial charge < -0.3 is 24.3 Å². The number of benzene rings is 1. The van der Waals surface area contributed by atoms with Gasteiger partial charge in [0, 0.05) is 29.7 Å².